The van der Waals surface area contributed by atoms with E-state index in [0.717, 1.165) is 36.3 Å². The first-order valence-electron chi connectivity index (χ1n) is 5.74. The second kappa shape index (κ2) is 5.40. The highest BCUT2D eigenvalue weighted by molar-refractivity contribution is 5.34. The molecule has 0 N–H and O–H groups in total. The average molecular weight is 229 g/mol. The highest BCUT2D eigenvalue weighted by atomic mass is 16.5. The van der Waals surface area contributed by atoms with Gasteiger partial charge in [-0.1, -0.05) is 6.08 Å². The van der Waals surface area contributed by atoms with Gasteiger partial charge in [-0.25, -0.2) is 0 Å². The van der Waals surface area contributed by atoms with E-state index >= 15 is 0 Å². The van der Waals surface area contributed by atoms with Crippen molar-refractivity contribution in [2.45, 2.75) is 25.4 Å². The maximum absolute atomic E-state index is 9.00. The van der Waals surface area contributed by atoms with Gasteiger partial charge in [-0.2, -0.15) is 5.26 Å². The molecule has 1 aliphatic carbocycles. The highest BCUT2D eigenvalue weighted by Crippen LogP contribution is 2.25. The van der Waals surface area contributed by atoms with Crippen LogP contribution in [-0.2, 0) is 0 Å². The van der Waals surface area contributed by atoms with Crippen molar-refractivity contribution in [3.8, 4) is 17.6 Å². The number of nitrogens with zero attached hydrogens (tertiary/aromatic N) is 1. The Balaban J connectivity index is 2.07. The molecule has 88 valence electrons. The van der Waals surface area contributed by atoms with Crippen molar-refractivity contribution in [1.82, 2.24) is 0 Å². The lowest BCUT2D eigenvalue weighted by Gasteiger charge is -2.21. The second-order valence-corrected chi connectivity index (χ2v) is 3.98. The van der Waals surface area contributed by atoms with Gasteiger partial charge in [0, 0.05) is 0 Å². The van der Waals surface area contributed by atoms with E-state index in [4.69, 9.17) is 14.7 Å². The Bertz CT molecular complexity index is 442. The van der Waals surface area contributed by atoms with Crippen LogP contribution in [0, 0.1) is 11.3 Å². The van der Waals surface area contributed by atoms with E-state index < -0.39 is 0 Å². The topological polar surface area (TPSA) is 42.2 Å². The zero-order valence-electron chi connectivity index (χ0n) is 9.85. The lowest BCUT2D eigenvalue weighted by atomic mass is 9.97. The van der Waals surface area contributed by atoms with Gasteiger partial charge in [0.15, 0.2) is 0 Å². The fraction of sp³-hybridized carbons (Fsp3) is 0.357. The quantitative estimate of drug-likeness (QED) is 0.799. The number of hydrogen-bond acceptors (Lipinski definition) is 3. The molecular formula is C14H15NO2. The van der Waals surface area contributed by atoms with E-state index in [1.165, 1.54) is 0 Å². The van der Waals surface area contributed by atoms with E-state index in [1.807, 2.05) is 30.3 Å². The van der Waals surface area contributed by atoms with Gasteiger partial charge in [0.25, 0.3) is 0 Å². The van der Waals surface area contributed by atoms with Gasteiger partial charge < -0.3 is 9.47 Å². The number of benzene rings is 1. The molecule has 0 saturated heterocycles. The number of ether oxygens (including phenoxy) is 2. The summed E-state index contributed by atoms with van der Waals surface area (Å²) < 4.78 is 10.9. The molecule has 0 amide bonds. The number of hydrogen-bond donors (Lipinski definition) is 0. The zero-order valence-corrected chi connectivity index (χ0v) is 9.85. The molecule has 0 aromatic heterocycles. The van der Waals surface area contributed by atoms with Gasteiger partial charge in [0.05, 0.1) is 18.8 Å². The third-order valence-electron chi connectivity index (χ3n) is 2.85. The Kier molecular flexibility index (Phi) is 3.66. The normalized spacial score (nSPS) is 19.1. The van der Waals surface area contributed by atoms with Crippen molar-refractivity contribution in [2.24, 2.45) is 0 Å². The van der Waals surface area contributed by atoms with Gasteiger partial charge in [-0.05, 0) is 43.5 Å². The van der Waals surface area contributed by atoms with Crippen molar-refractivity contribution in [1.29, 1.82) is 5.26 Å². The van der Waals surface area contributed by atoms with Gasteiger partial charge in [-0.15, -0.1) is 0 Å². The SMILES string of the molecule is COc1ccc(O[C@@H]2CCCC=C2C#N)cc1. The van der Waals surface area contributed by atoms with E-state index in [9.17, 15) is 0 Å². The molecule has 1 aliphatic rings. The summed E-state index contributed by atoms with van der Waals surface area (Å²) >= 11 is 0. The summed E-state index contributed by atoms with van der Waals surface area (Å²) in [5.41, 5.74) is 0.743. The molecule has 0 saturated carbocycles. The molecule has 0 spiro atoms. The standard InChI is InChI=1S/C14H15NO2/c1-16-12-6-8-13(9-7-12)17-14-5-3-2-4-11(14)10-15/h4,6-9,14H,2-3,5H2,1H3/t14-/m1/s1. The molecule has 0 heterocycles. The van der Waals surface area contributed by atoms with Crippen LogP contribution in [-0.4, -0.2) is 13.2 Å². The lowest BCUT2D eigenvalue weighted by molar-refractivity contribution is 0.221. The van der Waals surface area contributed by atoms with Crippen LogP contribution in [0.2, 0.25) is 0 Å². The van der Waals surface area contributed by atoms with E-state index in [-0.39, 0.29) is 6.10 Å². The Morgan fingerprint density at radius 2 is 1.94 bits per heavy atom. The lowest BCUT2D eigenvalue weighted by Crippen LogP contribution is -2.21. The van der Waals surface area contributed by atoms with Crippen molar-refractivity contribution < 1.29 is 9.47 Å². The fourth-order valence-electron chi connectivity index (χ4n) is 1.91. The first kappa shape index (κ1) is 11.5. The molecule has 17 heavy (non-hydrogen) atoms. The maximum Gasteiger partial charge on any atom is 0.133 e. The minimum atomic E-state index is -0.0952. The number of allylic oxidation sites excluding steroid dienone is 1. The Morgan fingerprint density at radius 3 is 2.59 bits per heavy atom. The second-order valence-electron chi connectivity index (χ2n) is 3.98. The van der Waals surface area contributed by atoms with Gasteiger partial charge in [0.2, 0.25) is 0 Å². The van der Waals surface area contributed by atoms with Gasteiger partial charge in [-0.3, -0.25) is 0 Å². The van der Waals surface area contributed by atoms with Crippen LogP contribution in [0.1, 0.15) is 19.3 Å². The number of nitriles is 1. The van der Waals surface area contributed by atoms with E-state index in [1.54, 1.807) is 7.11 Å². The largest absolute Gasteiger partial charge is 0.497 e. The minimum absolute atomic E-state index is 0.0952. The van der Waals surface area contributed by atoms with E-state index in [0.29, 0.717) is 0 Å². The minimum Gasteiger partial charge on any atom is -0.497 e. The molecular weight excluding hydrogens is 214 g/mol. The summed E-state index contributed by atoms with van der Waals surface area (Å²) in [5, 5.41) is 9.00. The molecule has 1 aromatic carbocycles. The Hall–Kier alpha value is -1.95. The average Bonchev–Trinajstić information content (AvgIpc) is 2.40. The third kappa shape index (κ3) is 2.79. The van der Waals surface area contributed by atoms with Crippen molar-refractivity contribution >= 4 is 0 Å². The maximum atomic E-state index is 9.00. The summed E-state index contributed by atoms with van der Waals surface area (Å²) in [6.45, 7) is 0. The van der Waals surface area contributed by atoms with Crippen molar-refractivity contribution in [2.75, 3.05) is 7.11 Å². The molecule has 3 heteroatoms. The Morgan fingerprint density at radius 1 is 1.24 bits per heavy atom. The van der Waals surface area contributed by atoms with Crippen molar-refractivity contribution in [3.63, 3.8) is 0 Å². The van der Waals surface area contributed by atoms with Crippen LogP contribution in [0.4, 0.5) is 0 Å². The molecule has 0 aliphatic heterocycles. The Labute approximate surface area is 101 Å². The van der Waals surface area contributed by atoms with E-state index in [2.05, 4.69) is 6.07 Å². The monoisotopic (exact) mass is 229 g/mol. The summed E-state index contributed by atoms with van der Waals surface area (Å²) in [6.07, 6.45) is 4.84. The molecule has 1 aromatic rings. The molecule has 0 fully saturated rings. The summed E-state index contributed by atoms with van der Waals surface area (Å²) in [7, 11) is 1.63. The highest BCUT2D eigenvalue weighted by Gasteiger charge is 2.19. The fourth-order valence-corrected chi connectivity index (χ4v) is 1.91. The molecule has 1 atom stereocenters. The molecule has 0 bridgehead atoms. The zero-order chi connectivity index (χ0) is 12.1. The van der Waals surface area contributed by atoms with Crippen LogP contribution in [0.3, 0.4) is 0 Å². The molecule has 2 rings (SSSR count). The van der Waals surface area contributed by atoms with Crippen LogP contribution in [0.15, 0.2) is 35.9 Å². The van der Waals surface area contributed by atoms with Gasteiger partial charge in [0.1, 0.15) is 17.6 Å². The molecule has 3 nitrogen and oxygen atoms in total. The summed E-state index contributed by atoms with van der Waals surface area (Å²) in [6, 6.07) is 9.65. The predicted molar refractivity (Wildman–Crippen MR) is 65.0 cm³/mol. The first-order valence-corrected chi connectivity index (χ1v) is 5.74. The van der Waals surface area contributed by atoms with Gasteiger partial charge >= 0.3 is 0 Å². The van der Waals surface area contributed by atoms with Crippen LogP contribution < -0.4 is 9.47 Å². The summed E-state index contributed by atoms with van der Waals surface area (Å²) in [4.78, 5) is 0. The number of rotatable bonds is 3. The van der Waals surface area contributed by atoms with Crippen LogP contribution in [0.5, 0.6) is 11.5 Å². The molecule has 0 radical (unpaired) electrons. The smallest absolute Gasteiger partial charge is 0.133 e. The predicted octanol–water partition coefficient (Wildman–Crippen LogP) is 3.08. The van der Waals surface area contributed by atoms with Crippen molar-refractivity contribution in [3.05, 3.63) is 35.9 Å². The summed E-state index contributed by atoms with van der Waals surface area (Å²) in [5.74, 6) is 1.58. The number of methoxy groups -OCH3 is 1. The third-order valence-corrected chi connectivity index (χ3v) is 2.85. The van der Waals surface area contributed by atoms with Crippen LogP contribution >= 0.6 is 0 Å². The van der Waals surface area contributed by atoms with Crippen LogP contribution in [0.25, 0.3) is 0 Å². The first-order chi connectivity index (χ1) is 8.33. The molecule has 0 unspecified atom stereocenters.